The number of amides is 2. The normalized spacial score (nSPS) is 29.9. The van der Waals surface area contributed by atoms with E-state index in [0.717, 1.165) is 17.7 Å². The number of rotatable bonds is 3. The summed E-state index contributed by atoms with van der Waals surface area (Å²) in [7, 11) is 0. The van der Waals surface area contributed by atoms with Crippen LogP contribution < -0.4 is 10.6 Å². The van der Waals surface area contributed by atoms with Gasteiger partial charge in [-0.25, -0.2) is 0 Å². The molecular formula is C18H18N2O4. The van der Waals surface area contributed by atoms with Crippen LogP contribution >= 0.6 is 0 Å². The van der Waals surface area contributed by atoms with Gasteiger partial charge in [0.25, 0.3) is 0 Å². The lowest BCUT2D eigenvalue weighted by atomic mass is 9.82. The van der Waals surface area contributed by atoms with E-state index in [1.54, 1.807) is 12.1 Å². The maximum atomic E-state index is 12.7. The van der Waals surface area contributed by atoms with Gasteiger partial charge in [0.2, 0.25) is 11.8 Å². The summed E-state index contributed by atoms with van der Waals surface area (Å²) in [5, 5.41) is 15.1. The topological polar surface area (TPSA) is 95.5 Å². The molecule has 124 valence electrons. The highest BCUT2D eigenvalue weighted by molar-refractivity contribution is 5.98. The van der Waals surface area contributed by atoms with Crippen LogP contribution in [0.3, 0.4) is 0 Å². The maximum Gasteiger partial charge on any atom is 0.307 e. The molecule has 1 aromatic rings. The number of carboxylic acid groups (broad SMARTS) is 1. The van der Waals surface area contributed by atoms with Crippen LogP contribution in [0.2, 0.25) is 0 Å². The average molecular weight is 326 g/mol. The van der Waals surface area contributed by atoms with Gasteiger partial charge in [-0.05, 0) is 48.4 Å². The Morgan fingerprint density at radius 1 is 1.12 bits per heavy atom. The van der Waals surface area contributed by atoms with Crippen LogP contribution in [0.15, 0.2) is 30.4 Å². The molecule has 1 aliphatic heterocycles. The Kier molecular flexibility index (Phi) is 3.40. The number of hydrogen-bond donors (Lipinski definition) is 3. The zero-order chi connectivity index (χ0) is 16.8. The molecule has 1 heterocycles. The molecule has 2 bridgehead atoms. The fourth-order valence-electron chi connectivity index (χ4n) is 4.20. The first-order valence-corrected chi connectivity index (χ1v) is 8.17. The van der Waals surface area contributed by atoms with Crippen molar-refractivity contribution in [3.05, 3.63) is 35.9 Å². The van der Waals surface area contributed by atoms with Crippen LogP contribution in [-0.2, 0) is 20.8 Å². The largest absolute Gasteiger partial charge is 0.481 e. The summed E-state index contributed by atoms with van der Waals surface area (Å²) in [5.74, 6) is -2.34. The Morgan fingerprint density at radius 2 is 1.88 bits per heavy atom. The molecule has 3 aliphatic rings. The second kappa shape index (κ2) is 5.47. The second-order valence-electron chi connectivity index (χ2n) is 6.75. The lowest BCUT2D eigenvalue weighted by Gasteiger charge is -2.24. The predicted molar refractivity (Wildman–Crippen MR) is 87.4 cm³/mol. The first-order valence-electron chi connectivity index (χ1n) is 8.17. The molecule has 0 saturated heterocycles. The van der Waals surface area contributed by atoms with Crippen LogP contribution in [0, 0.1) is 23.7 Å². The van der Waals surface area contributed by atoms with E-state index in [0.29, 0.717) is 18.5 Å². The van der Waals surface area contributed by atoms with Gasteiger partial charge in [-0.1, -0.05) is 12.2 Å². The standard InChI is InChI=1S/C18H18N2O4/c21-14-6-3-9-8-12(4-5-13(9)20-14)19-17(22)15-10-1-2-11(7-10)16(15)18(23)24/h1-2,4-5,8,10-11,15-16H,3,6-7H2,(H,19,22)(H,20,21)(H,23,24)/t10-,11-,15-,16+/m0/s1. The van der Waals surface area contributed by atoms with E-state index in [1.165, 1.54) is 0 Å². The van der Waals surface area contributed by atoms with Gasteiger partial charge in [0.15, 0.2) is 0 Å². The Bertz CT molecular complexity index is 770. The van der Waals surface area contributed by atoms with Crippen LogP contribution in [0.5, 0.6) is 0 Å². The number of anilines is 2. The molecule has 0 aromatic heterocycles. The number of carbonyl (C=O) groups is 3. The SMILES string of the molecule is O=C1CCc2cc(NC(=O)[C@@H]3[C@H](C(=O)O)[C@H]4C=C[C@H]3C4)ccc2N1. The van der Waals surface area contributed by atoms with Crippen molar-refractivity contribution in [2.75, 3.05) is 10.6 Å². The van der Waals surface area contributed by atoms with Gasteiger partial charge in [0.1, 0.15) is 0 Å². The van der Waals surface area contributed by atoms with Crippen molar-refractivity contribution >= 4 is 29.2 Å². The molecule has 0 radical (unpaired) electrons. The number of nitrogens with one attached hydrogen (secondary N) is 2. The van der Waals surface area contributed by atoms with Crippen LogP contribution in [-0.4, -0.2) is 22.9 Å². The monoisotopic (exact) mass is 326 g/mol. The first-order chi connectivity index (χ1) is 11.5. The fourth-order valence-corrected chi connectivity index (χ4v) is 4.20. The molecule has 6 heteroatoms. The van der Waals surface area contributed by atoms with Gasteiger partial charge in [-0.2, -0.15) is 0 Å². The number of carboxylic acids is 1. The highest BCUT2D eigenvalue weighted by Gasteiger charge is 2.51. The number of aliphatic carboxylic acids is 1. The summed E-state index contributed by atoms with van der Waals surface area (Å²) >= 11 is 0. The summed E-state index contributed by atoms with van der Waals surface area (Å²) in [5.41, 5.74) is 2.40. The smallest absolute Gasteiger partial charge is 0.307 e. The van der Waals surface area contributed by atoms with Gasteiger partial charge in [-0.3, -0.25) is 14.4 Å². The molecule has 0 spiro atoms. The van der Waals surface area contributed by atoms with Crippen molar-refractivity contribution in [1.82, 2.24) is 0 Å². The number of allylic oxidation sites excluding steroid dienone is 2. The second-order valence-corrected chi connectivity index (χ2v) is 6.75. The molecule has 4 atom stereocenters. The van der Waals surface area contributed by atoms with Gasteiger partial charge >= 0.3 is 5.97 Å². The third-order valence-corrected chi connectivity index (χ3v) is 5.32. The molecule has 1 saturated carbocycles. The summed E-state index contributed by atoms with van der Waals surface area (Å²) < 4.78 is 0. The van der Waals surface area contributed by atoms with Gasteiger partial charge in [-0.15, -0.1) is 0 Å². The van der Waals surface area contributed by atoms with E-state index in [1.807, 2.05) is 18.2 Å². The number of fused-ring (bicyclic) bond motifs is 3. The van der Waals surface area contributed by atoms with Crippen molar-refractivity contribution in [3.8, 4) is 0 Å². The number of hydrogen-bond acceptors (Lipinski definition) is 3. The van der Waals surface area contributed by atoms with Crippen LogP contribution in [0.25, 0.3) is 0 Å². The summed E-state index contributed by atoms with van der Waals surface area (Å²) in [6.45, 7) is 0. The van der Waals surface area contributed by atoms with E-state index in [9.17, 15) is 19.5 Å². The quantitative estimate of drug-likeness (QED) is 0.741. The molecule has 3 N–H and O–H groups in total. The maximum absolute atomic E-state index is 12.7. The van der Waals surface area contributed by atoms with Crippen molar-refractivity contribution in [2.24, 2.45) is 23.7 Å². The molecule has 24 heavy (non-hydrogen) atoms. The molecule has 2 amide bonds. The van der Waals surface area contributed by atoms with E-state index in [-0.39, 0.29) is 23.7 Å². The molecule has 1 fully saturated rings. The summed E-state index contributed by atoms with van der Waals surface area (Å²) in [4.78, 5) is 35.6. The Morgan fingerprint density at radius 3 is 2.62 bits per heavy atom. The zero-order valence-electron chi connectivity index (χ0n) is 13.0. The van der Waals surface area contributed by atoms with Crippen LogP contribution in [0.4, 0.5) is 11.4 Å². The number of benzene rings is 1. The Balaban J connectivity index is 1.53. The van der Waals surface area contributed by atoms with E-state index in [2.05, 4.69) is 10.6 Å². The predicted octanol–water partition coefficient (Wildman–Crippen LogP) is 2.03. The van der Waals surface area contributed by atoms with Gasteiger partial charge in [0, 0.05) is 17.8 Å². The van der Waals surface area contributed by atoms with E-state index in [4.69, 9.17) is 0 Å². The van der Waals surface area contributed by atoms with E-state index >= 15 is 0 Å². The molecule has 6 nitrogen and oxygen atoms in total. The van der Waals surface area contributed by atoms with Crippen LogP contribution in [0.1, 0.15) is 18.4 Å². The fraction of sp³-hybridized carbons (Fsp3) is 0.389. The summed E-state index contributed by atoms with van der Waals surface area (Å²) in [6.07, 6.45) is 5.71. The van der Waals surface area contributed by atoms with Crippen molar-refractivity contribution in [3.63, 3.8) is 0 Å². The van der Waals surface area contributed by atoms with Gasteiger partial charge < -0.3 is 15.7 Å². The average Bonchev–Trinajstić information content (AvgIpc) is 3.16. The first kappa shape index (κ1) is 14.9. The van der Waals surface area contributed by atoms with E-state index < -0.39 is 17.8 Å². The van der Waals surface area contributed by atoms with Crippen molar-refractivity contribution < 1.29 is 19.5 Å². The number of carbonyl (C=O) groups excluding carboxylic acids is 2. The van der Waals surface area contributed by atoms with Crippen molar-refractivity contribution in [1.29, 1.82) is 0 Å². The van der Waals surface area contributed by atoms with Gasteiger partial charge in [0.05, 0.1) is 11.8 Å². The Hall–Kier alpha value is -2.63. The molecular weight excluding hydrogens is 308 g/mol. The molecule has 4 rings (SSSR count). The minimum atomic E-state index is -0.903. The molecule has 2 aliphatic carbocycles. The molecule has 0 unspecified atom stereocenters. The highest BCUT2D eigenvalue weighted by atomic mass is 16.4. The number of aryl methyl sites for hydroxylation is 1. The lowest BCUT2D eigenvalue weighted by molar-refractivity contribution is -0.146. The minimum Gasteiger partial charge on any atom is -0.481 e. The third-order valence-electron chi connectivity index (χ3n) is 5.32. The van der Waals surface area contributed by atoms with Crippen molar-refractivity contribution in [2.45, 2.75) is 19.3 Å². The third kappa shape index (κ3) is 2.38. The highest BCUT2D eigenvalue weighted by Crippen LogP contribution is 2.48. The minimum absolute atomic E-state index is 0.00245. The lowest BCUT2D eigenvalue weighted by Crippen LogP contribution is -2.36. The molecule has 1 aromatic carbocycles. The summed E-state index contributed by atoms with van der Waals surface area (Å²) in [6, 6.07) is 5.37. The zero-order valence-corrected chi connectivity index (χ0v) is 13.0. The Labute approximate surface area is 138 Å².